The van der Waals surface area contributed by atoms with Gasteiger partial charge in [-0.2, -0.15) is 0 Å². The SMILES string of the molecule is CCC(C)N(CC)C(=O)C1(c2ccccc2)CCNCC1. The molecule has 116 valence electrons. The zero-order valence-electron chi connectivity index (χ0n) is 13.6. The molecular formula is C18H28N2O. The van der Waals surface area contributed by atoms with Crippen molar-refractivity contribution in [3.63, 3.8) is 0 Å². The predicted molar refractivity (Wildman–Crippen MR) is 87.4 cm³/mol. The Morgan fingerprint density at radius 2 is 1.86 bits per heavy atom. The number of likely N-dealkylation sites (N-methyl/N-ethyl adjacent to an activating group) is 1. The molecular weight excluding hydrogens is 260 g/mol. The third-order valence-electron chi connectivity index (χ3n) is 4.92. The number of carbonyl (C=O) groups excluding carboxylic acids is 1. The molecule has 3 heteroatoms. The van der Waals surface area contributed by atoms with E-state index in [1.54, 1.807) is 0 Å². The van der Waals surface area contributed by atoms with Gasteiger partial charge in [0.15, 0.2) is 0 Å². The summed E-state index contributed by atoms with van der Waals surface area (Å²) in [6.45, 7) is 9.01. The Balaban J connectivity index is 2.38. The largest absolute Gasteiger partial charge is 0.340 e. The molecule has 1 atom stereocenters. The van der Waals surface area contributed by atoms with Crippen LogP contribution in [0, 0.1) is 0 Å². The summed E-state index contributed by atoms with van der Waals surface area (Å²) in [7, 11) is 0. The highest BCUT2D eigenvalue weighted by Gasteiger charge is 2.43. The molecule has 1 aromatic rings. The van der Waals surface area contributed by atoms with Crippen LogP contribution in [0.3, 0.4) is 0 Å². The van der Waals surface area contributed by atoms with Gasteiger partial charge in [0.25, 0.3) is 0 Å². The molecule has 1 amide bonds. The Labute approximate surface area is 128 Å². The van der Waals surface area contributed by atoms with Crippen LogP contribution in [-0.2, 0) is 10.2 Å². The van der Waals surface area contributed by atoms with E-state index in [9.17, 15) is 4.79 Å². The second kappa shape index (κ2) is 7.08. The lowest BCUT2D eigenvalue weighted by atomic mass is 9.71. The van der Waals surface area contributed by atoms with Crippen LogP contribution >= 0.6 is 0 Å². The van der Waals surface area contributed by atoms with Gasteiger partial charge in [0.1, 0.15) is 0 Å². The van der Waals surface area contributed by atoms with E-state index in [1.165, 1.54) is 5.56 Å². The lowest BCUT2D eigenvalue weighted by Crippen LogP contribution is -2.54. The minimum Gasteiger partial charge on any atom is -0.340 e. The van der Waals surface area contributed by atoms with E-state index < -0.39 is 0 Å². The topological polar surface area (TPSA) is 32.3 Å². The number of carbonyl (C=O) groups is 1. The van der Waals surface area contributed by atoms with Crippen LogP contribution < -0.4 is 5.32 Å². The highest BCUT2D eigenvalue weighted by atomic mass is 16.2. The lowest BCUT2D eigenvalue weighted by molar-refractivity contribution is -0.140. The smallest absolute Gasteiger partial charge is 0.233 e. The fraction of sp³-hybridized carbons (Fsp3) is 0.611. The van der Waals surface area contributed by atoms with E-state index in [-0.39, 0.29) is 5.41 Å². The normalized spacial score (nSPS) is 19.0. The van der Waals surface area contributed by atoms with Gasteiger partial charge in [0, 0.05) is 12.6 Å². The molecule has 1 aromatic carbocycles. The number of rotatable bonds is 5. The molecule has 0 aliphatic carbocycles. The van der Waals surface area contributed by atoms with Crippen molar-refractivity contribution < 1.29 is 4.79 Å². The molecule has 0 saturated carbocycles. The summed E-state index contributed by atoms with van der Waals surface area (Å²) in [5, 5.41) is 3.39. The molecule has 2 rings (SSSR count). The summed E-state index contributed by atoms with van der Waals surface area (Å²) in [4.78, 5) is 15.4. The summed E-state index contributed by atoms with van der Waals surface area (Å²) in [6.07, 6.45) is 2.79. The number of nitrogens with one attached hydrogen (secondary N) is 1. The second-order valence-corrected chi connectivity index (χ2v) is 6.05. The second-order valence-electron chi connectivity index (χ2n) is 6.05. The monoisotopic (exact) mass is 288 g/mol. The van der Waals surface area contributed by atoms with Crippen molar-refractivity contribution in [2.75, 3.05) is 19.6 Å². The van der Waals surface area contributed by atoms with E-state index in [2.05, 4.69) is 43.1 Å². The van der Waals surface area contributed by atoms with E-state index in [4.69, 9.17) is 0 Å². The summed E-state index contributed by atoms with van der Waals surface area (Å²) >= 11 is 0. The van der Waals surface area contributed by atoms with Crippen molar-refractivity contribution in [2.24, 2.45) is 0 Å². The summed E-state index contributed by atoms with van der Waals surface area (Å²) in [6, 6.07) is 10.7. The van der Waals surface area contributed by atoms with E-state index in [0.717, 1.165) is 38.9 Å². The van der Waals surface area contributed by atoms with Crippen molar-refractivity contribution in [3.8, 4) is 0 Å². The molecule has 1 N–H and O–H groups in total. The predicted octanol–water partition coefficient (Wildman–Crippen LogP) is 2.95. The zero-order chi connectivity index (χ0) is 15.3. The molecule has 0 spiro atoms. The van der Waals surface area contributed by atoms with Gasteiger partial charge in [0.05, 0.1) is 5.41 Å². The average molecular weight is 288 g/mol. The maximum absolute atomic E-state index is 13.4. The van der Waals surface area contributed by atoms with Crippen LogP contribution in [0.25, 0.3) is 0 Å². The Kier molecular flexibility index (Phi) is 5.40. The molecule has 1 saturated heterocycles. The third kappa shape index (κ3) is 3.13. The van der Waals surface area contributed by atoms with Gasteiger partial charge in [-0.3, -0.25) is 4.79 Å². The van der Waals surface area contributed by atoms with Crippen molar-refractivity contribution in [2.45, 2.75) is 51.5 Å². The first kappa shape index (κ1) is 16.0. The first-order chi connectivity index (χ1) is 10.2. The number of hydrogen-bond acceptors (Lipinski definition) is 2. The fourth-order valence-electron chi connectivity index (χ4n) is 3.39. The van der Waals surface area contributed by atoms with Gasteiger partial charge in [-0.25, -0.2) is 0 Å². The molecule has 1 aliphatic rings. The Hall–Kier alpha value is -1.35. The van der Waals surface area contributed by atoms with Gasteiger partial charge >= 0.3 is 0 Å². The van der Waals surface area contributed by atoms with Crippen molar-refractivity contribution >= 4 is 5.91 Å². The molecule has 1 aliphatic heterocycles. The molecule has 1 heterocycles. The van der Waals surface area contributed by atoms with Crippen molar-refractivity contribution in [1.82, 2.24) is 10.2 Å². The van der Waals surface area contributed by atoms with Gasteiger partial charge in [-0.1, -0.05) is 37.3 Å². The van der Waals surface area contributed by atoms with Gasteiger partial charge in [-0.05, 0) is 51.8 Å². The van der Waals surface area contributed by atoms with Crippen molar-refractivity contribution in [3.05, 3.63) is 35.9 Å². The number of nitrogens with zero attached hydrogens (tertiary/aromatic N) is 1. The first-order valence-corrected chi connectivity index (χ1v) is 8.23. The van der Waals surface area contributed by atoms with Crippen LogP contribution in [0.5, 0.6) is 0 Å². The van der Waals surface area contributed by atoms with E-state index >= 15 is 0 Å². The standard InChI is InChI=1S/C18H28N2O/c1-4-15(3)20(5-2)17(21)18(11-13-19-14-12-18)16-9-7-6-8-10-16/h6-10,15,19H,4-5,11-14H2,1-3H3. The number of amides is 1. The maximum Gasteiger partial charge on any atom is 0.233 e. The highest BCUT2D eigenvalue weighted by molar-refractivity contribution is 5.88. The maximum atomic E-state index is 13.4. The quantitative estimate of drug-likeness (QED) is 0.903. The molecule has 1 unspecified atom stereocenters. The summed E-state index contributed by atoms with van der Waals surface area (Å²) < 4.78 is 0. The Morgan fingerprint density at radius 3 is 2.38 bits per heavy atom. The van der Waals surface area contributed by atoms with Crippen molar-refractivity contribution in [1.29, 1.82) is 0 Å². The van der Waals surface area contributed by atoms with Crippen LogP contribution in [0.4, 0.5) is 0 Å². The number of hydrogen-bond donors (Lipinski definition) is 1. The minimum absolute atomic E-state index is 0.304. The number of piperidine rings is 1. The minimum atomic E-state index is -0.341. The van der Waals surface area contributed by atoms with Crippen LogP contribution in [0.15, 0.2) is 30.3 Å². The van der Waals surface area contributed by atoms with Gasteiger partial charge in [-0.15, -0.1) is 0 Å². The van der Waals surface area contributed by atoms with E-state index in [0.29, 0.717) is 11.9 Å². The Morgan fingerprint density at radius 1 is 1.24 bits per heavy atom. The molecule has 0 radical (unpaired) electrons. The molecule has 1 fully saturated rings. The molecule has 3 nitrogen and oxygen atoms in total. The zero-order valence-corrected chi connectivity index (χ0v) is 13.6. The fourth-order valence-corrected chi connectivity index (χ4v) is 3.39. The molecule has 21 heavy (non-hydrogen) atoms. The Bertz CT molecular complexity index is 452. The molecule has 0 bridgehead atoms. The van der Waals surface area contributed by atoms with Crippen LogP contribution in [0.1, 0.15) is 45.6 Å². The third-order valence-corrected chi connectivity index (χ3v) is 4.92. The summed E-state index contributed by atoms with van der Waals surface area (Å²) in [5.74, 6) is 0.312. The summed E-state index contributed by atoms with van der Waals surface area (Å²) in [5.41, 5.74) is 0.838. The van der Waals surface area contributed by atoms with Gasteiger partial charge in [0.2, 0.25) is 5.91 Å². The lowest BCUT2D eigenvalue weighted by Gasteiger charge is -2.42. The molecule has 0 aromatic heterocycles. The van der Waals surface area contributed by atoms with Gasteiger partial charge < -0.3 is 10.2 Å². The van der Waals surface area contributed by atoms with Crippen LogP contribution in [0.2, 0.25) is 0 Å². The van der Waals surface area contributed by atoms with E-state index in [1.807, 2.05) is 18.2 Å². The highest BCUT2D eigenvalue weighted by Crippen LogP contribution is 2.36. The number of benzene rings is 1. The average Bonchev–Trinajstić information content (AvgIpc) is 2.56. The van der Waals surface area contributed by atoms with Crippen LogP contribution in [-0.4, -0.2) is 36.5 Å². The first-order valence-electron chi connectivity index (χ1n) is 8.23.